The standard InChI is InChI=1S/C17H11Cl2F3N4O/c18-10-2-1-3-11(19)14(10)25-16(27)9-7-23-26-13(17(20,21)22)6-12(8-4-5-8)24-15(9)26/h1-3,6-8H,4-5H2,(H,25,27). The molecule has 1 fully saturated rings. The summed E-state index contributed by atoms with van der Waals surface area (Å²) in [6.45, 7) is 0. The van der Waals surface area contributed by atoms with Crippen molar-refractivity contribution in [3.8, 4) is 0 Å². The largest absolute Gasteiger partial charge is 0.433 e. The van der Waals surface area contributed by atoms with Crippen molar-refractivity contribution in [3.63, 3.8) is 0 Å². The molecule has 1 saturated carbocycles. The van der Waals surface area contributed by atoms with E-state index in [-0.39, 0.29) is 32.9 Å². The predicted octanol–water partition coefficient (Wildman–Crippen LogP) is 5.18. The Kier molecular flexibility index (Phi) is 4.27. The molecule has 1 aliphatic rings. The van der Waals surface area contributed by atoms with E-state index >= 15 is 0 Å². The molecule has 0 spiro atoms. The molecular formula is C17H11Cl2F3N4O. The number of halogens is 5. The molecule has 2 aromatic heterocycles. The molecular weight excluding hydrogens is 404 g/mol. The van der Waals surface area contributed by atoms with Gasteiger partial charge in [-0.15, -0.1) is 0 Å². The van der Waals surface area contributed by atoms with E-state index in [0.717, 1.165) is 25.1 Å². The molecule has 0 radical (unpaired) electrons. The molecule has 2 heterocycles. The number of nitrogens with one attached hydrogen (secondary N) is 1. The zero-order valence-electron chi connectivity index (χ0n) is 13.5. The summed E-state index contributed by atoms with van der Waals surface area (Å²) in [6, 6.07) is 5.66. The van der Waals surface area contributed by atoms with Crippen molar-refractivity contribution in [2.75, 3.05) is 5.32 Å². The summed E-state index contributed by atoms with van der Waals surface area (Å²) in [6.07, 6.45) is -2.04. The van der Waals surface area contributed by atoms with E-state index in [0.29, 0.717) is 10.2 Å². The van der Waals surface area contributed by atoms with Gasteiger partial charge in [-0.05, 0) is 31.0 Å². The third-order valence-corrected chi connectivity index (χ3v) is 4.85. The highest BCUT2D eigenvalue weighted by molar-refractivity contribution is 6.40. The van der Waals surface area contributed by atoms with E-state index in [9.17, 15) is 18.0 Å². The average molecular weight is 415 g/mol. The maximum Gasteiger partial charge on any atom is 0.433 e. The van der Waals surface area contributed by atoms with Gasteiger partial charge in [-0.3, -0.25) is 4.79 Å². The fourth-order valence-corrected chi connectivity index (χ4v) is 3.22. The average Bonchev–Trinajstić information content (AvgIpc) is 3.36. The number of para-hydroxylation sites is 1. The van der Waals surface area contributed by atoms with Crippen LogP contribution in [0, 0.1) is 0 Å². The fraction of sp³-hybridized carbons (Fsp3) is 0.235. The highest BCUT2D eigenvalue weighted by atomic mass is 35.5. The van der Waals surface area contributed by atoms with Gasteiger partial charge in [-0.2, -0.15) is 18.3 Å². The molecule has 1 aromatic carbocycles. The molecule has 140 valence electrons. The second-order valence-corrected chi connectivity index (χ2v) is 7.00. The fourth-order valence-electron chi connectivity index (χ4n) is 2.73. The number of carbonyl (C=O) groups is 1. The van der Waals surface area contributed by atoms with Crippen LogP contribution in [0.15, 0.2) is 30.5 Å². The highest BCUT2D eigenvalue weighted by Crippen LogP contribution is 2.41. The van der Waals surface area contributed by atoms with E-state index in [2.05, 4.69) is 15.4 Å². The Morgan fingerprint density at radius 3 is 2.48 bits per heavy atom. The first kappa shape index (κ1) is 18.1. The van der Waals surface area contributed by atoms with Crippen molar-refractivity contribution < 1.29 is 18.0 Å². The van der Waals surface area contributed by atoms with Gasteiger partial charge in [0.25, 0.3) is 5.91 Å². The molecule has 27 heavy (non-hydrogen) atoms. The third-order valence-electron chi connectivity index (χ3n) is 4.22. The van der Waals surface area contributed by atoms with Crippen LogP contribution in [0.1, 0.15) is 40.5 Å². The second-order valence-electron chi connectivity index (χ2n) is 6.18. The van der Waals surface area contributed by atoms with Crippen LogP contribution >= 0.6 is 23.2 Å². The first-order valence-electron chi connectivity index (χ1n) is 7.97. The van der Waals surface area contributed by atoms with Gasteiger partial charge in [-0.25, -0.2) is 9.50 Å². The van der Waals surface area contributed by atoms with E-state index in [4.69, 9.17) is 23.2 Å². The maximum atomic E-state index is 13.4. The summed E-state index contributed by atoms with van der Waals surface area (Å²) < 4.78 is 40.9. The number of anilines is 1. The Morgan fingerprint density at radius 2 is 1.89 bits per heavy atom. The minimum Gasteiger partial charge on any atom is -0.319 e. The summed E-state index contributed by atoms with van der Waals surface area (Å²) in [5.41, 5.74) is -0.754. The van der Waals surface area contributed by atoms with Gasteiger partial charge in [0.05, 0.1) is 21.9 Å². The SMILES string of the molecule is O=C(Nc1c(Cl)cccc1Cl)c1cnn2c(C(F)(F)F)cc(C3CC3)nc12. The second kappa shape index (κ2) is 6.38. The lowest BCUT2D eigenvalue weighted by Crippen LogP contribution is -2.16. The summed E-state index contributed by atoms with van der Waals surface area (Å²) in [4.78, 5) is 16.9. The lowest BCUT2D eigenvalue weighted by molar-refractivity contribution is -0.142. The number of carbonyl (C=O) groups excluding carboxylic acids is 1. The molecule has 5 nitrogen and oxygen atoms in total. The lowest BCUT2D eigenvalue weighted by Gasteiger charge is -2.11. The number of nitrogens with zero attached hydrogens (tertiary/aromatic N) is 3. The number of amides is 1. The smallest absolute Gasteiger partial charge is 0.319 e. The van der Waals surface area contributed by atoms with Gasteiger partial charge in [0.1, 0.15) is 11.3 Å². The Morgan fingerprint density at radius 1 is 1.22 bits per heavy atom. The normalized spacial score (nSPS) is 14.6. The van der Waals surface area contributed by atoms with E-state index in [1.54, 1.807) is 6.07 Å². The lowest BCUT2D eigenvalue weighted by atomic mass is 10.2. The van der Waals surface area contributed by atoms with Crippen LogP contribution in [-0.2, 0) is 6.18 Å². The van der Waals surface area contributed by atoms with Gasteiger partial charge in [-0.1, -0.05) is 29.3 Å². The Balaban J connectivity index is 1.80. The summed E-state index contributed by atoms with van der Waals surface area (Å²) >= 11 is 12.1. The zero-order valence-corrected chi connectivity index (χ0v) is 15.0. The van der Waals surface area contributed by atoms with Crippen LogP contribution in [-0.4, -0.2) is 20.5 Å². The van der Waals surface area contributed by atoms with E-state index < -0.39 is 17.8 Å². The van der Waals surface area contributed by atoms with Crippen LogP contribution in [0.2, 0.25) is 10.0 Å². The molecule has 4 rings (SSSR count). The van der Waals surface area contributed by atoms with Crippen molar-refractivity contribution in [3.05, 3.63) is 57.5 Å². The maximum absolute atomic E-state index is 13.4. The number of benzene rings is 1. The molecule has 0 atom stereocenters. The van der Waals surface area contributed by atoms with E-state index in [1.165, 1.54) is 12.1 Å². The number of aromatic nitrogens is 3. The summed E-state index contributed by atoms with van der Waals surface area (Å²) in [5.74, 6) is -0.728. The van der Waals surface area contributed by atoms with Gasteiger partial charge in [0.2, 0.25) is 0 Å². The Bertz CT molecular complexity index is 1040. The molecule has 0 saturated heterocycles. The first-order chi connectivity index (χ1) is 12.8. The van der Waals surface area contributed by atoms with Gasteiger partial charge >= 0.3 is 6.18 Å². The van der Waals surface area contributed by atoms with Crippen LogP contribution in [0.4, 0.5) is 18.9 Å². The summed E-state index contributed by atoms with van der Waals surface area (Å²) in [5, 5.41) is 6.65. The monoisotopic (exact) mass is 414 g/mol. The third kappa shape index (κ3) is 3.35. The van der Waals surface area contributed by atoms with Gasteiger partial charge in [0.15, 0.2) is 5.65 Å². The molecule has 1 aliphatic carbocycles. The van der Waals surface area contributed by atoms with Crippen LogP contribution < -0.4 is 5.32 Å². The zero-order chi connectivity index (χ0) is 19.3. The molecule has 0 unspecified atom stereocenters. The number of fused-ring (bicyclic) bond motifs is 1. The van der Waals surface area contributed by atoms with Crippen LogP contribution in [0.25, 0.3) is 5.65 Å². The molecule has 0 bridgehead atoms. The summed E-state index contributed by atoms with van der Waals surface area (Å²) in [7, 11) is 0. The van der Waals surface area contributed by atoms with Crippen molar-refractivity contribution >= 4 is 40.4 Å². The van der Waals surface area contributed by atoms with Gasteiger partial charge in [0, 0.05) is 11.6 Å². The Hall–Kier alpha value is -2.32. The van der Waals surface area contributed by atoms with Crippen molar-refractivity contribution in [2.45, 2.75) is 24.9 Å². The quantitative estimate of drug-likeness (QED) is 0.641. The van der Waals surface area contributed by atoms with E-state index in [1.807, 2.05) is 0 Å². The van der Waals surface area contributed by atoms with Crippen molar-refractivity contribution in [1.82, 2.24) is 14.6 Å². The predicted molar refractivity (Wildman–Crippen MR) is 94.4 cm³/mol. The van der Waals surface area contributed by atoms with Crippen LogP contribution in [0.5, 0.6) is 0 Å². The van der Waals surface area contributed by atoms with Crippen molar-refractivity contribution in [2.24, 2.45) is 0 Å². The number of alkyl halides is 3. The molecule has 3 aromatic rings. The minimum atomic E-state index is -4.63. The van der Waals surface area contributed by atoms with Crippen LogP contribution in [0.3, 0.4) is 0 Å². The topological polar surface area (TPSA) is 59.3 Å². The number of hydrogen-bond acceptors (Lipinski definition) is 3. The van der Waals surface area contributed by atoms with Gasteiger partial charge < -0.3 is 5.32 Å². The molecule has 1 amide bonds. The minimum absolute atomic E-state index is 0.0278. The molecule has 1 N–H and O–H groups in total. The number of rotatable bonds is 3. The Labute approximate surface area is 161 Å². The van der Waals surface area contributed by atoms with Crippen molar-refractivity contribution in [1.29, 1.82) is 0 Å². The first-order valence-corrected chi connectivity index (χ1v) is 8.72. The molecule has 10 heteroatoms. The number of hydrogen-bond donors (Lipinski definition) is 1. The molecule has 0 aliphatic heterocycles. The highest BCUT2D eigenvalue weighted by Gasteiger charge is 2.38.